The first-order valence-corrected chi connectivity index (χ1v) is 4.97. The summed E-state index contributed by atoms with van der Waals surface area (Å²) in [6.45, 7) is 3.59. The number of urea groups is 1. The van der Waals surface area contributed by atoms with E-state index in [0.29, 0.717) is 0 Å². The summed E-state index contributed by atoms with van der Waals surface area (Å²) in [5, 5.41) is 8.24. The molecule has 0 aromatic carbocycles. The monoisotopic (exact) mass is 197 g/mol. The van der Waals surface area contributed by atoms with Crippen molar-refractivity contribution in [3.8, 4) is 0 Å². The zero-order valence-electron chi connectivity index (χ0n) is 8.22. The van der Waals surface area contributed by atoms with Gasteiger partial charge >= 0.3 is 6.03 Å². The van der Waals surface area contributed by atoms with Gasteiger partial charge < -0.3 is 10.6 Å². The molecule has 0 aromatic rings. The first-order valence-electron chi connectivity index (χ1n) is 4.97. The Labute approximate surface area is 82.6 Å². The quantitative estimate of drug-likeness (QED) is 0.500. The van der Waals surface area contributed by atoms with Crippen LogP contribution in [0.3, 0.4) is 0 Å². The van der Waals surface area contributed by atoms with E-state index in [9.17, 15) is 9.59 Å². The minimum absolute atomic E-state index is 0.197. The van der Waals surface area contributed by atoms with Gasteiger partial charge in [-0.05, 0) is 26.3 Å². The molecule has 2 saturated heterocycles. The Kier molecular flexibility index (Phi) is 2.19. The Morgan fingerprint density at radius 2 is 2.21 bits per heavy atom. The van der Waals surface area contributed by atoms with Crippen LogP contribution in [-0.2, 0) is 4.79 Å². The Balaban J connectivity index is 2.14. The summed E-state index contributed by atoms with van der Waals surface area (Å²) in [4.78, 5) is 22.6. The second kappa shape index (κ2) is 3.24. The van der Waals surface area contributed by atoms with E-state index in [1.54, 1.807) is 6.92 Å². The van der Waals surface area contributed by atoms with E-state index in [1.807, 2.05) is 0 Å². The van der Waals surface area contributed by atoms with Crippen molar-refractivity contribution in [2.75, 3.05) is 13.1 Å². The van der Waals surface area contributed by atoms with E-state index >= 15 is 0 Å². The number of nitrogens with one attached hydrogen (secondary N) is 3. The van der Waals surface area contributed by atoms with Crippen LogP contribution < -0.4 is 16.0 Å². The number of piperidine rings is 1. The largest absolute Gasteiger partial charge is 0.323 e. The molecule has 0 spiro atoms. The van der Waals surface area contributed by atoms with Gasteiger partial charge in [-0.3, -0.25) is 10.1 Å². The first kappa shape index (κ1) is 9.45. The lowest BCUT2D eigenvalue weighted by Gasteiger charge is -2.34. The normalized spacial score (nSPS) is 37.9. The molecule has 2 aliphatic heterocycles. The van der Waals surface area contributed by atoms with Gasteiger partial charge in [-0.15, -0.1) is 0 Å². The van der Waals surface area contributed by atoms with Gasteiger partial charge in [0.05, 0.1) is 0 Å². The predicted octanol–water partition coefficient (Wildman–Crippen LogP) is -0.416. The Hall–Kier alpha value is -1.10. The van der Waals surface area contributed by atoms with Gasteiger partial charge in [0.1, 0.15) is 5.54 Å². The summed E-state index contributed by atoms with van der Waals surface area (Å²) in [6, 6.07) is -0.372. The fourth-order valence-electron chi connectivity index (χ4n) is 2.19. The van der Waals surface area contributed by atoms with Crippen molar-refractivity contribution in [3.05, 3.63) is 0 Å². The summed E-state index contributed by atoms with van der Waals surface area (Å²) in [6.07, 6.45) is 2.04. The van der Waals surface area contributed by atoms with Crippen molar-refractivity contribution in [3.63, 3.8) is 0 Å². The molecule has 0 aromatic heterocycles. The lowest BCUT2D eigenvalue weighted by Crippen LogP contribution is -2.55. The van der Waals surface area contributed by atoms with Crippen molar-refractivity contribution >= 4 is 11.9 Å². The van der Waals surface area contributed by atoms with Crippen LogP contribution in [0.4, 0.5) is 4.79 Å². The zero-order chi connectivity index (χ0) is 10.2. The number of imide groups is 1. The van der Waals surface area contributed by atoms with Crippen molar-refractivity contribution < 1.29 is 9.59 Å². The van der Waals surface area contributed by atoms with Gasteiger partial charge in [0.15, 0.2) is 0 Å². The highest BCUT2D eigenvalue weighted by Crippen LogP contribution is 2.26. The van der Waals surface area contributed by atoms with Crippen molar-refractivity contribution in [2.24, 2.45) is 5.92 Å². The van der Waals surface area contributed by atoms with Gasteiger partial charge in [0.2, 0.25) is 0 Å². The third-order valence-corrected chi connectivity index (χ3v) is 3.19. The maximum absolute atomic E-state index is 11.6. The molecule has 0 bridgehead atoms. The smallest absolute Gasteiger partial charge is 0.322 e. The summed E-state index contributed by atoms with van der Waals surface area (Å²) in [5.74, 6) is -0.00102. The lowest BCUT2D eigenvalue weighted by atomic mass is 9.81. The molecule has 3 amide bonds. The summed E-state index contributed by atoms with van der Waals surface area (Å²) in [7, 11) is 0. The fourth-order valence-corrected chi connectivity index (χ4v) is 2.19. The van der Waals surface area contributed by atoms with Crippen molar-refractivity contribution in [2.45, 2.75) is 25.3 Å². The first-order chi connectivity index (χ1) is 6.63. The molecule has 2 heterocycles. The maximum Gasteiger partial charge on any atom is 0.322 e. The second-order valence-electron chi connectivity index (χ2n) is 4.15. The van der Waals surface area contributed by atoms with E-state index in [2.05, 4.69) is 16.0 Å². The number of carbonyl (C=O) groups excluding carboxylic acids is 2. The SMILES string of the molecule is C[C@@]1([C@H]2CCCNC2)NC(=O)NC1=O. The third-order valence-electron chi connectivity index (χ3n) is 3.19. The van der Waals surface area contributed by atoms with Crippen LogP contribution in [-0.4, -0.2) is 30.6 Å². The molecule has 0 radical (unpaired) electrons. The minimum Gasteiger partial charge on any atom is -0.323 e. The van der Waals surface area contributed by atoms with Gasteiger partial charge in [-0.25, -0.2) is 4.79 Å². The molecule has 78 valence electrons. The Bertz CT molecular complexity index is 273. The van der Waals surface area contributed by atoms with E-state index in [4.69, 9.17) is 0 Å². The van der Waals surface area contributed by atoms with Crippen LogP contribution >= 0.6 is 0 Å². The summed E-state index contributed by atoms with van der Waals surface area (Å²) >= 11 is 0. The van der Waals surface area contributed by atoms with Crippen molar-refractivity contribution in [1.82, 2.24) is 16.0 Å². The molecular weight excluding hydrogens is 182 g/mol. The molecule has 2 aliphatic rings. The highest BCUT2D eigenvalue weighted by atomic mass is 16.2. The van der Waals surface area contributed by atoms with Crippen LogP contribution in [0.5, 0.6) is 0 Å². The summed E-state index contributed by atoms with van der Waals surface area (Å²) in [5.41, 5.74) is -0.718. The fraction of sp³-hybridized carbons (Fsp3) is 0.778. The van der Waals surface area contributed by atoms with Crippen LogP contribution in [0.15, 0.2) is 0 Å². The standard InChI is InChI=1S/C9H15N3O2/c1-9(6-3-2-4-10-5-6)7(13)11-8(14)12-9/h6,10H,2-5H2,1H3,(H2,11,12,13,14)/t6-,9-/m0/s1. The number of hydrogen-bond donors (Lipinski definition) is 3. The number of amides is 3. The second-order valence-corrected chi connectivity index (χ2v) is 4.15. The van der Waals surface area contributed by atoms with Crippen LogP contribution in [0.25, 0.3) is 0 Å². The van der Waals surface area contributed by atoms with Gasteiger partial charge in [-0.2, -0.15) is 0 Å². The molecule has 5 heteroatoms. The van der Waals surface area contributed by atoms with E-state index in [1.165, 1.54) is 0 Å². The zero-order valence-corrected chi connectivity index (χ0v) is 8.22. The van der Waals surface area contributed by atoms with Crippen molar-refractivity contribution in [1.29, 1.82) is 0 Å². The summed E-state index contributed by atoms with van der Waals surface area (Å²) < 4.78 is 0. The third kappa shape index (κ3) is 1.37. The average Bonchev–Trinajstić information content (AvgIpc) is 2.43. The van der Waals surface area contributed by atoms with Gasteiger partial charge in [0, 0.05) is 12.5 Å². The van der Waals surface area contributed by atoms with Crippen LogP contribution in [0.2, 0.25) is 0 Å². The van der Waals surface area contributed by atoms with E-state index in [0.717, 1.165) is 25.9 Å². The molecule has 2 fully saturated rings. The average molecular weight is 197 g/mol. The highest BCUT2D eigenvalue weighted by Gasteiger charge is 2.47. The molecule has 3 N–H and O–H groups in total. The minimum atomic E-state index is -0.718. The van der Waals surface area contributed by atoms with E-state index in [-0.39, 0.29) is 17.9 Å². The maximum atomic E-state index is 11.6. The Morgan fingerprint density at radius 1 is 1.43 bits per heavy atom. The highest BCUT2D eigenvalue weighted by molar-refractivity contribution is 6.06. The molecule has 2 rings (SSSR count). The van der Waals surface area contributed by atoms with E-state index < -0.39 is 5.54 Å². The van der Waals surface area contributed by atoms with Crippen LogP contribution in [0, 0.1) is 5.92 Å². The van der Waals surface area contributed by atoms with Gasteiger partial charge in [0.25, 0.3) is 5.91 Å². The predicted molar refractivity (Wildman–Crippen MR) is 50.7 cm³/mol. The topological polar surface area (TPSA) is 70.2 Å². The molecule has 0 unspecified atom stereocenters. The molecule has 0 saturated carbocycles. The number of hydrogen-bond acceptors (Lipinski definition) is 3. The molecule has 0 aliphatic carbocycles. The molecule has 14 heavy (non-hydrogen) atoms. The molecule has 5 nitrogen and oxygen atoms in total. The molecule has 2 atom stereocenters. The number of rotatable bonds is 1. The van der Waals surface area contributed by atoms with Crippen LogP contribution in [0.1, 0.15) is 19.8 Å². The number of carbonyl (C=O) groups is 2. The van der Waals surface area contributed by atoms with Gasteiger partial charge in [-0.1, -0.05) is 0 Å². The molecular formula is C9H15N3O2. The lowest BCUT2D eigenvalue weighted by molar-refractivity contribution is -0.125. The Morgan fingerprint density at radius 3 is 2.71 bits per heavy atom.